The minimum atomic E-state index is -1.13. The average molecular weight is 507 g/mol. The van der Waals surface area contributed by atoms with E-state index in [-0.39, 0.29) is 23.3 Å². The van der Waals surface area contributed by atoms with E-state index in [1.54, 1.807) is 24.3 Å². The number of anilines is 1. The fourth-order valence-corrected chi connectivity index (χ4v) is 4.35. The van der Waals surface area contributed by atoms with E-state index in [2.05, 4.69) is 10.6 Å². The Morgan fingerprint density at radius 3 is 2.50 bits per heavy atom. The Kier molecular flexibility index (Phi) is 7.82. The number of nitrogens with one attached hydrogen (secondary N) is 2. The highest BCUT2D eigenvalue weighted by atomic mass is 32.1. The molecule has 2 aromatic carbocycles. The van der Waals surface area contributed by atoms with Gasteiger partial charge < -0.3 is 30.4 Å². The van der Waals surface area contributed by atoms with Crippen molar-refractivity contribution in [3.05, 3.63) is 70.4 Å². The van der Waals surface area contributed by atoms with Gasteiger partial charge in [0.05, 0.1) is 5.56 Å². The van der Waals surface area contributed by atoms with Crippen LogP contribution in [0.1, 0.15) is 36.0 Å². The molecule has 2 aromatic rings. The number of hydrogen-bond donors (Lipinski definition) is 5. The van der Waals surface area contributed by atoms with Gasteiger partial charge in [0.25, 0.3) is 0 Å². The van der Waals surface area contributed by atoms with Crippen molar-refractivity contribution >= 4 is 40.0 Å². The van der Waals surface area contributed by atoms with Gasteiger partial charge in [-0.15, -0.1) is 0 Å². The van der Waals surface area contributed by atoms with E-state index in [0.717, 1.165) is 25.7 Å². The zero-order valence-electron chi connectivity index (χ0n) is 19.4. The van der Waals surface area contributed by atoms with Crippen molar-refractivity contribution in [2.75, 3.05) is 18.5 Å². The molecule has 0 fully saturated rings. The lowest BCUT2D eigenvalue weighted by Crippen LogP contribution is -2.29. The number of rotatable bonds is 9. The van der Waals surface area contributed by atoms with Crippen molar-refractivity contribution in [3.63, 3.8) is 0 Å². The molecule has 36 heavy (non-hydrogen) atoms. The van der Waals surface area contributed by atoms with Crippen LogP contribution in [0.4, 0.5) is 5.69 Å². The summed E-state index contributed by atoms with van der Waals surface area (Å²) in [5.41, 5.74) is 2.23. The van der Waals surface area contributed by atoms with Gasteiger partial charge in [0.1, 0.15) is 17.1 Å². The molecular weight excluding hydrogens is 480 g/mol. The van der Waals surface area contributed by atoms with Crippen molar-refractivity contribution in [1.82, 2.24) is 5.32 Å². The van der Waals surface area contributed by atoms with E-state index < -0.39 is 5.97 Å². The topological polar surface area (TPSA) is 132 Å². The molecule has 0 amide bonds. The first-order chi connectivity index (χ1) is 17.4. The number of phenols is 1. The highest BCUT2D eigenvalue weighted by Gasteiger charge is 2.22. The SMILES string of the molecule is O=C(O)c1cc(NC(=S)NCCCCCCO)ccc1-c1c2ccc(=O)cc-2oc2cc(O)ccc12. The number of carbonyl (C=O) groups is 1. The second-order valence-corrected chi connectivity index (χ2v) is 8.81. The summed E-state index contributed by atoms with van der Waals surface area (Å²) < 4.78 is 5.86. The second-order valence-electron chi connectivity index (χ2n) is 8.40. The van der Waals surface area contributed by atoms with Crippen LogP contribution < -0.4 is 16.1 Å². The van der Waals surface area contributed by atoms with Crippen LogP contribution in [0.3, 0.4) is 0 Å². The Labute approximate surface area is 212 Å². The maximum absolute atomic E-state index is 12.3. The summed E-state index contributed by atoms with van der Waals surface area (Å²) in [6.07, 6.45) is 3.62. The summed E-state index contributed by atoms with van der Waals surface area (Å²) in [5.74, 6) is -0.849. The Morgan fingerprint density at radius 2 is 1.72 bits per heavy atom. The Bertz CT molecular complexity index is 1450. The highest BCUT2D eigenvalue weighted by Crippen LogP contribution is 2.42. The highest BCUT2D eigenvalue weighted by molar-refractivity contribution is 7.80. The molecule has 0 atom stereocenters. The monoisotopic (exact) mass is 506 g/mol. The molecule has 0 saturated carbocycles. The fraction of sp³-hybridized carbons (Fsp3) is 0.222. The van der Waals surface area contributed by atoms with Gasteiger partial charge >= 0.3 is 5.97 Å². The van der Waals surface area contributed by atoms with Gasteiger partial charge in [-0.3, -0.25) is 4.79 Å². The van der Waals surface area contributed by atoms with Crippen LogP contribution in [0.2, 0.25) is 0 Å². The average Bonchev–Trinajstić information content (AvgIpc) is 2.84. The van der Waals surface area contributed by atoms with E-state index in [4.69, 9.17) is 21.7 Å². The lowest BCUT2D eigenvalue weighted by molar-refractivity contribution is 0.0697. The summed E-state index contributed by atoms with van der Waals surface area (Å²) in [6, 6.07) is 13.9. The number of carboxylic acids is 1. The Morgan fingerprint density at radius 1 is 0.944 bits per heavy atom. The molecule has 0 bridgehead atoms. The van der Waals surface area contributed by atoms with Crippen LogP contribution in [0.15, 0.2) is 63.8 Å². The van der Waals surface area contributed by atoms with E-state index in [0.29, 0.717) is 50.8 Å². The smallest absolute Gasteiger partial charge is 0.336 e. The second kappa shape index (κ2) is 11.2. The van der Waals surface area contributed by atoms with Crippen molar-refractivity contribution < 1.29 is 24.5 Å². The molecule has 0 saturated heterocycles. The van der Waals surface area contributed by atoms with E-state index >= 15 is 0 Å². The number of fused-ring (bicyclic) bond motifs is 2. The number of hydrogen-bond acceptors (Lipinski definition) is 6. The van der Waals surface area contributed by atoms with E-state index in [9.17, 15) is 19.8 Å². The summed E-state index contributed by atoms with van der Waals surface area (Å²) >= 11 is 5.35. The van der Waals surface area contributed by atoms with Gasteiger partial charge in [0, 0.05) is 47.5 Å². The fourth-order valence-electron chi connectivity index (χ4n) is 4.13. The number of aromatic carboxylic acids is 1. The number of aromatic hydroxyl groups is 1. The van der Waals surface area contributed by atoms with Gasteiger partial charge in [-0.05, 0) is 67.0 Å². The quantitative estimate of drug-likeness (QED) is 0.123. The number of benzene rings is 3. The molecule has 186 valence electrons. The molecule has 0 unspecified atom stereocenters. The molecule has 8 nitrogen and oxygen atoms in total. The standard InChI is InChI=1S/C27H26N2O6S/c30-12-4-2-1-3-11-28-27(36)29-16-5-8-19(22(13-16)26(33)34)25-20-9-6-17(31)14-23(20)35-24-15-18(32)7-10-21(24)25/h5-10,13-15,30-31H,1-4,11-12H2,(H,33,34)(H2,28,29,36). The summed E-state index contributed by atoms with van der Waals surface area (Å²) in [4.78, 5) is 24.3. The van der Waals surface area contributed by atoms with Crippen molar-refractivity contribution in [2.45, 2.75) is 25.7 Å². The summed E-state index contributed by atoms with van der Waals surface area (Å²) in [5, 5.41) is 36.0. The molecule has 1 heterocycles. The van der Waals surface area contributed by atoms with Gasteiger partial charge in [0.2, 0.25) is 0 Å². The normalized spacial score (nSPS) is 11.0. The largest absolute Gasteiger partial charge is 0.508 e. The van der Waals surface area contributed by atoms with Crippen LogP contribution in [-0.4, -0.2) is 39.6 Å². The Balaban J connectivity index is 1.68. The molecule has 1 aliphatic heterocycles. The van der Waals surface area contributed by atoms with Gasteiger partial charge in [-0.2, -0.15) is 0 Å². The maximum Gasteiger partial charge on any atom is 0.336 e. The van der Waals surface area contributed by atoms with Gasteiger partial charge in [0.15, 0.2) is 10.5 Å². The first-order valence-electron chi connectivity index (χ1n) is 11.6. The molecular formula is C27H26N2O6S. The number of aliphatic hydroxyl groups is 1. The lowest BCUT2D eigenvalue weighted by Gasteiger charge is -2.18. The van der Waals surface area contributed by atoms with Crippen LogP contribution in [-0.2, 0) is 0 Å². The molecule has 1 aliphatic carbocycles. The third-order valence-electron chi connectivity index (χ3n) is 5.82. The third kappa shape index (κ3) is 5.64. The van der Waals surface area contributed by atoms with Crippen molar-refractivity contribution in [1.29, 1.82) is 0 Å². The Hall–Kier alpha value is -3.95. The number of carboxylic acid groups (broad SMARTS) is 1. The van der Waals surface area contributed by atoms with Crippen LogP contribution in [0.25, 0.3) is 33.4 Å². The zero-order chi connectivity index (χ0) is 25.7. The third-order valence-corrected chi connectivity index (χ3v) is 6.07. The molecule has 0 radical (unpaired) electrons. The van der Waals surface area contributed by atoms with Crippen molar-refractivity contribution in [2.24, 2.45) is 0 Å². The van der Waals surface area contributed by atoms with E-state index in [1.165, 1.54) is 30.3 Å². The minimum absolute atomic E-state index is 0.0118. The first kappa shape index (κ1) is 25.2. The molecule has 9 heteroatoms. The van der Waals surface area contributed by atoms with Crippen molar-refractivity contribution in [3.8, 4) is 28.2 Å². The molecule has 0 aromatic heterocycles. The molecule has 0 spiro atoms. The van der Waals surface area contributed by atoms with Gasteiger partial charge in [-0.1, -0.05) is 18.9 Å². The number of phenolic OH excluding ortho intramolecular Hbond substituents is 1. The summed E-state index contributed by atoms with van der Waals surface area (Å²) in [7, 11) is 0. The first-order valence-corrected chi connectivity index (χ1v) is 12.0. The zero-order valence-corrected chi connectivity index (χ0v) is 20.2. The number of aliphatic hydroxyl groups excluding tert-OH is 1. The van der Waals surface area contributed by atoms with Crippen LogP contribution in [0, 0.1) is 0 Å². The lowest BCUT2D eigenvalue weighted by atomic mass is 9.90. The predicted octanol–water partition coefficient (Wildman–Crippen LogP) is 4.81. The predicted molar refractivity (Wildman–Crippen MR) is 143 cm³/mol. The molecule has 2 aliphatic rings. The number of thiocarbonyl (C=S) groups is 1. The van der Waals surface area contributed by atoms with Crippen LogP contribution in [0.5, 0.6) is 5.75 Å². The van der Waals surface area contributed by atoms with E-state index in [1.807, 2.05) is 0 Å². The molecule has 4 rings (SSSR count). The van der Waals surface area contributed by atoms with Gasteiger partial charge in [-0.25, -0.2) is 4.79 Å². The summed E-state index contributed by atoms with van der Waals surface area (Å²) in [6.45, 7) is 0.863. The minimum Gasteiger partial charge on any atom is -0.508 e. The maximum atomic E-state index is 12.3. The number of unbranched alkanes of at least 4 members (excludes halogenated alkanes) is 3. The van der Waals surface area contributed by atoms with Crippen LogP contribution >= 0.6 is 12.2 Å². The molecule has 5 N–H and O–H groups in total.